The topological polar surface area (TPSA) is 20.3 Å². The van der Waals surface area contributed by atoms with Crippen LogP contribution < -0.4 is 4.90 Å². The first-order valence-electron chi connectivity index (χ1n) is 5.45. The molecule has 1 rings (SSSR count). The van der Waals surface area contributed by atoms with Crippen molar-refractivity contribution in [2.24, 2.45) is 5.92 Å². The highest BCUT2D eigenvalue weighted by atomic mass is 32.1. The van der Waals surface area contributed by atoms with Gasteiger partial charge in [-0.05, 0) is 30.5 Å². The zero-order chi connectivity index (χ0) is 12.3. The van der Waals surface area contributed by atoms with Gasteiger partial charge in [-0.1, -0.05) is 26.0 Å². The minimum absolute atomic E-state index is 0.0453. The van der Waals surface area contributed by atoms with Crippen molar-refractivity contribution in [3.8, 4) is 0 Å². The highest BCUT2D eigenvalue weighted by Crippen LogP contribution is 2.19. The summed E-state index contributed by atoms with van der Waals surface area (Å²) in [7, 11) is 1.79. The zero-order valence-corrected chi connectivity index (χ0v) is 11.2. The minimum Gasteiger partial charge on any atom is -0.315 e. The fourth-order valence-electron chi connectivity index (χ4n) is 1.45. The zero-order valence-electron chi connectivity index (χ0n) is 10.3. The highest BCUT2D eigenvalue weighted by Gasteiger charge is 2.22. The molecule has 1 aromatic rings. The van der Waals surface area contributed by atoms with Gasteiger partial charge in [0.15, 0.2) is 0 Å². The smallest absolute Gasteiger partial charge is 0.239 e. The molecule has 1 unspecified atom stereocenters. The second-order valence-corrected chi connectivity index (χ2v) is 4.98. The Bertz CT molecular complexity index is 376. The summed E-state index contributed by atoms with van der Waals surface area (Å²) in [5.74, 6) is 0.284. The van der Waals surface area contributed by atoms with Gasteiger partial charge in [-0.15, -0.1) is 0 Å². The molecular formula is C13H19NOS. The molecule has 1 amide bonds. The molecule has 1 atom stereocenters. The fourth-order valence-corrected chi connectivity index (χ4v) is 1.62. The number of nitrogens with zero attached hydrogens (tertiary/aromatic N) is 1. The van der Waals surface area contributed by atoms with Gasteiger partial charge in [0.25, 0.3) is 0 Å². The summed E-state index contributed by atoms with van der Waals surface area (Å²) < 4.78 is 0. The second kappa shape index (κ2) is 5.39. The maximum Gasteiger partial charge on any atom is 0.239 e. The Morgan fingerprint density at radius 2 is 2.00 bits per heavy atom. The molecule has 0 saturated heterocycles. The number of hydrogen-bond acceptors (Lipinski definition) is 2. The lowest BCUT2D eigenvalue weighted by molar-refractivity contribution is -0.118. The van der Waals surface area contributed by atoms with Crippen LogP contribution in [0.3, 0.4) is 0 Å². The number of anilines is 1. The van der Waals surface area contributed by atoms with Crippen molar-refractivity contribution in [1.29, 1.82) is 0 Å². The number of benzene rings is 1. The summed E-state index contributed by atoms with van der Waals surface area (Å²) in [4.78, 5) is 13.7. The predicted octanol–water partition coefficient (Wildman–Crippen LogP) is 2.91. The summed E-state index contributed by atoms with van der Waals surface area (Å²) in [5, 5.41) is -0.245. The first-order valence-corrected chi connectivity index (χ1v) is 5.97. The van der Waals surface area contributed by atoms with E-state index in [0.717, 1.165) is 11.3 Å². The maximum atomic E-state index is 12.0. The lowest BCUT2D eigenvalue weighted by Gasteiger charge is -2.23. The third kappa shape index (κ3) is 3.01. The van der Waals surface area contributed by atoms with Gasteiger partial charge in [0.1, 0.15) is 0 Å². The summed E-state index contributed by atoms with van der Waals surface area (Å²) in [6, 6.07) is 7.91. The van der Waals surface area contributed by atoms with Crippen LogP contribution in [-0.4, -0.2) is 18.2 Å². The maximum absolute atomic E-state index is 12.0. The Morgan fingerprint density at radius 1 is 1.38 bits per heavy atom. The van der Waals surface area contributed by atoms with Gasteiger partial charge in [0.2, 0.25) is 5.91 Å². The van der Waals surface area contributed by atoms with E-state index in [9.17, 15) is 4.79 Å². The molecule has 0 aliphatic rings. The number of rotatable bonds is 3. The van der Waals surface area contributed by atoms with Crippen molar-refractivity contribution in [2.45, 2.75) is 26.0 Å². The molecule has 88 valence electrons. The van der Waals surface area contributed by atoms with Crippen molar-refractivity contribution in [1.82, 2.24) is 0 Å². The molecule has 1 aromatic carbocycles. The van der Waals surface area contributed by atoms with Crippen LogP contribution in [-0.2, 0) is 4.79 Å². The Kier molecular flexibility index (Phi) is 4.42. The van der Waals surface area contributed by atoms with E-state index in [1.165, 1.54) is 0 Å². The normalized spacial score (nSPS) is 12.6. The molecule has 0 bridgehead atoms. The minimum atomic E-state index is -0.245. The molecule has 0 fully saturated rings. The van der Waals surface area contributed by atoms with E-state index in [-0.39, 0.29) is 17.1 Å². The molecule has 0 heterocycles. The largest absolute Gasteiger partial charge is 0.315 e. The van der Waals surface area contributed by atoms with Crippen LogP contribution in [0, 0.1) is 12.8 Å². The number of hydrogen-bond donors (Lipinski definition) is 1. The van der Waals surface area contributed by atoms with E-state index in [2.05, 4.69) is 12.6 Å². The molecule has 3 heteroatoms. The van der Waals surface area contributed by atoms with Crippen molar-refractivity contribution >= 4 is 24.2 Å². The van der Waals surface area contributed by atoms with E-state index >= 15 is 0 Å². The Hall–Kier alpha value is -0.960. The van der Waals surface area contributed by atoms with Gasteiger partial charge in [-0.25, -0.2) is 0 Å². The van der Waals surface area contributed by atoms with Crippen molar-refractivity contribution in [3.63, 3.8) is 0 Å². The van der Waals surface area contributed by atoms with Crippen molar-refractivity contribution in [3.05, 3.63) is 29.8 Å². The fraction of sp³-hybridized carbons (Fsp3) is 0.462. The van der Waals surface area contributed by atoms with Gasteiger partial charge in [0.05, 0.1) is 5.25 Å². The first kappa shape index (κ1) is 13.1. The van der Waals surface area contributed by atoms with Gasteiger partial charge in [-0.3, -0.25) is 4.79 Å². The molecule has 2 nitrogen and oxygen atoms in total. The van der Waals surface area contributed by atoms with E-state index in [4.69, 9.17) is 0 Å². The average Bonchev–Trinajstić information content (AvgIpc) is 2.26. The molecule has 0 aliphatic heterocycles. The van der Waals surface area contributed by atoms with E-state index in [1.54, 1.807) is 11.9 Å². The van der Waals surface area contributed by atoms with Gasteiger partial charge in [-0.2, -0.15) is 12.6 Å². The lowest BCUT2D eigenvalue weighted by atomic mass is 10.1. The first-order chi connectivity index (χ1) is 7.43. The van der Waals surface area contributed by atoms with Crippen LogP contribution >= 0.6 is 12.6 Å². The van der Waals surface area contributed by atoms with Crippen LogP contribution in [0.5, 0.6) is 0 Å². The summed E-state index contributed by atoms with van der Waals surface area (Å²) in [6.45, 7) is 6.02. The van der Waals surface area contributed by atoms with Crippen LogP contribution in [0.1, 0.15) is 19.4 Å². The lowest BCUT2D eigenvalue weighted by Crippen LogP contribution is -2.36. The van der Waals surface area contributed by atoms with Crippen LogP contribution in [0.4, 0.5) is 5.69 Å². The Labute approximate surface area is 103 Å². The Morgan fingerprint density at radius 3 is 2.50 bits per heavy atom. The number of thiol groups is 1. The number of amides is 1. The number of aryl methyl sites for hydroxylation is 1. The standard InChI is InChI=1S/C13H19NOS/c1-9(2)12(16)13(15)14(4)11-7-5-6-10(3)8-11/h5-9,12,16H,1-4H3. The predicted molar refractivity (Wildman–Crippen MR) is 72.2 cm³/mol. The van der Waals surface area contributed by atoms with Crippen molar-refractivity contribution in [2.75, 3.05) is 11.9 Å². The van der Waals surface area contributed by atoms with Crippen LogP contribution in [0.2, 0.25) is 0 Å². The third-order valence-electron chi connectivity index (χ3n) is 2.60. The molecule has 16 heavy (non-hydrogen) atoms. The van der Waals surface area contributed by atoms with Gasteiger partial charge in [0, 0.05) is 12.7 Å². The van der Waals surface area contributed by atoms with Crippen LogP contribution in [0.15, 0.2) is 24.3 Å². The van der Waals surface area contributed by atoms with E-state index in [1.807, 2.05) is 45.0 Å². The number of carbonyl (C=O) groups excluding carboxylic acids is 1. The van der Waals surface area contributed by atoms with E-state index in [0.29, 0.717) is 0 Å². The number of carbonyl (C=O) groups is 1. The molecular weight excluding hydrogens is 218 g/mol. The highest BCUT2D eigenvalue weighted by molar-refractivity contribution is 7.81. The summed E-state index contributed by atoms with van der Waals surface area (Å²) in [5.41, 5.74) is 2.07. The quantitative estimate of drug-likeness (QED) is 0.801. The molecule has 0 aromatic heterocycles. The Balaban J connectivity index is 2.86. The molecule has 0 aliphatic carbocycles. The summed E-state index contributed by atoms with van der Waals surface area (Å²) in [6.07, 6.45) is 0. The van der Waals surface area contributed by atoms with Crippen molar-refractivity contribution < 1.29 is 4.79 Å². The summed E-state index contributed by atoms with van der Waals surface area (Å²) >= 11 is 4.34. The molecule has 0 N–H and O–H groups in total. The molecule has 0 saturated carbocycles. The molecule has 0 spiro atoms. The SMILES string of the molecule is Cc1cccc(N(C)C(=O)C(S)C(C)C)c1. The van der Waals surface area contributed by atoms with Gasteiger partial charge < -0.3 is 4.90 Å². The third-order valence-corrected chi connectivity index (χ3v) is 3.42. The van der Waals surface area contributed by atoms with E-state index < -0.39 is 0 Å². The second-order valence-electron chi connectivity index (χ2n) is 4.43. The molecule has 0 radical (unpaired) electrons. The van der Waals surface area contributed by atoms with Gasteiger partial charge >= 0.3 is 0 Å². The monoisotopic (exact) mass is 237 g/mol. The van der Waals surface area contributed by atoms with Crippen LogP contribution in [0.25, 0.3) is 0 Å². The average molecular weight is 237 g/mol.